The van der Waals surface area contributed by atoms with Crippen LogP contribution >= 0.6 is 11.3 Å². The molecule has 0 aromatic carbocycles. The number of hydrogen-bond donors (Lipinski definition) is 2. The second-order valence-corrected chi connectivity index (χ2v) is 4.36. The van der Waals surface area contributed by atoms with E-state index < -0.39 is 0 Å². The van der Waals surface area contributed by atoms with Crippen LogP contribution in [0.2, 0.25) is 0 Å². The van der Waals surface area contributed by atoms with Gasteiger partial charge in [0, 0.05) is 17.3 Å². The predicted molar refractivity (Wildman–Crippen MR) is 59.1 cm³/mol. The van der Waals surface area contributed by atoms with Gasteiger partial charge in [0.25, 0.3) is 0 Å². The summed E-state index contributed by atoms with van der Waals surface area (Å²) in [6, 6.07) is 4.08. The van der Waals surface area contributed by atoms with E-state index in [2.05, 4.69) is 5.32 Å². The zero-order valence-corrected chi connectivity index (χ0v) is 9.30. The van der Waals surface area contributed by atoms with Gasteiger partial charge in [0.2, 0.25) is 5.91 Å². The molecule has 0 bridgehead atoms. The minimum atomic E-state index is -0.114. The normalized spacial score (nSPS) is 14.8. The van der Waals surface area contributed by atoms with E-state index in [1.807, 2.05) is 31.4 Å². The third kappa shape index (κ3) is 2.82. The van der Waals surface area contributed by atoms with Crippen molar-refractivity contribution in [3.05, 3.63) is 22.4 Å². The van der Waals surface area contributed by atoms with Crippen LogP contribution in [0.15, 0.2) is 17.5 Å². The first-order valence-electron chi connectivity index (χ1n) is 4.69. The molecule has 0 spiro atoms. The van der Waals surface area contributed by atoms with Crippen LogP contribution in [-0.2, 0) is 4.79 Å². The number of nitrogens with one attached hydrogen (secondary N) is 1. The van der Waals surface area contributed by atoms with Crippen molar-refractivity contribution >= 4 is 17.2 Å². The van der Waals surface area contributed by atoms with Gasteiger partial charge in [-0.05, 0) is 18.4 Å². The van der Waals surface area contributed by atoms with Crippen molar-refractivity contribution in [1.29, 1.82) is 0 Å². The van der Waals surface area contributed by atoms with E-state index in [4.69, 9.17) is 5.73 Å². The highest BCUT2D eigenvalue weighted by atomic mass is 32.1. The van der Waals surface area contributed by atoms with Gasteiger partial charge in [-0.3, -0.25) is 4.79 Å². The number of hydrogen-bond acceptors (Lipinski definition) is 3. The molecule has 3 N–H and O–H groups in total. The van der Waals surface area contributed by atoms with Gasteiger partial charge < -0.3 is 11.1 Å². The lowest BCUT2D eigenvalue weighted by molar-refractivity contribution is -0.124. The van der Waals surface area contributed by atoms with E-state index in [9.17, 15) is 4.79 Å². The molecule has 2 atom stereocenters. The molecule has 0 radical (unpaired) electrons. The van der Waals surface area contributed by atoms with Crippen LogP contribution < -0.4 is 11.1 Å². The van der Waals surface area contributed by atoms with Crippen LogP contribution in [0, 0.1) is 5.92 Å². The Labute approximate surface area is 88.3 Å². The summed E-state index contributed by atoms with van der Waals surface area (Å²) >= 11 is 1.65. The molecule has 1 unspecified atom stereocenters. The lowest BCUT2D eigenvalue weighted by Crippen LogP contribution is -2.34. The van der Waals surface area contributed by atoms with Crippen LogP contribution in [0.5, 0.6) is 0 Å². The summed E-state index contributed by atoms with van der Waals surface area (Å²) in [6.07, 6.45) is 0. The molecule has 1 aromatic rings. The Morgan fingerprint density at radius 1 is 1.64 bits per heavy atom. The fourth-order valence-electron chi connectivity index (χ4n) is 1.07. The lowest BCUT2D eigenvalue weighted by atomic mass is 10.1. The maximum Gasteiger partial charge on any atom is 0.224 e. The monoisotopic (exact) mass is 212 g/mol. The molecule has 0 aliphatic rings. The number of carbonyl (C=O) groups excluding carboxylic acids is 1. The summed E-state index contributed by atoms with van der Waals surface area (Å²) in [4.78, 5) is 12.7. The molecule has 1 aromatic heterocycles. The Bertz CT molecular complexity index is 284. The summed E-state index contributed by atoms with van der Waals surface area (Å²) in [6.45, 7) is 4.20. The fraction of sp³-hybridized carbons (Fsp3) is 0.500. The molecular formula is C10H16N2OS. The van der Waals surface area contributed by atoms with Crippen LogP contribution in [-0.4, -0.2) is 12.5 Å². The minimum absolute atomic E-state index is 0.0217. The zero-order chi connectivity index (χ0) is 10.6. The summed E-state index contributed by atoms with van der Waals surface area (Å²) < 4.78 is 0. The first-order valence-corrected chi connectivity index (χ1v) is 5.57. The summed E-state index contributed by atoms with van der Waals surface area (Å²) in [7, 11) is 0. The molecule has 0 saturated heterocycles. The third-order valence-electron chi connectivity index (χ3n) is 2.13. The van der Waals surface area contributed by atoms with Crippen molar-refractivity contribution in [2.24, 2.45) is 11.7 Å². The molecule has 78 valence electrons. The Balaban J connectivity index is 2.49. The molecule has 1 amide bonds. The molecule has 0 fully saturated rings. The Hall–Kier alpha value is -0.870. The van der Waals surface area contributed by atoms with Crippen molar-refractivity contribution in [2.75, 3.05) is 6.54 Å². The first kappa shape index (κ1) is 11.2. The number of carbonyl (C=O) groups is 1. The van der Waals surface area contributed by atoms with Crippen molar-refractivity contribution in [1.82, 2.24) is 5.32 Å². The van der Waals surface area contributed by atoms with E-state index in [-0.39, 0.29) is 17.9 Å². The van der Waals surface area contributed by atoms with Crippen molar-refractivity contribution in [3.63, 3.8) is 0 Å². The minimum Gasteiger partial charge on any atom is -0.348 e. The van der Waals surface area contributed by atoms with Crippen LogP contribution in [0.1, 0.15) is 24.8 Å². The van der Waals surface area contributed by atoms with Crippen LogP contribution in [0.25, 0.3) is 0 Å². The second-order valence-electron chi connectivity index (χ2n) is 3.38. The molecule has 0 aliphatic carbocycles. The summed E-state index contributed by atoms with van der Waals surface area (Å²) in [5, 5.41) is 4.93. The van der Waals surface area contributed by atoms with Gasteiger partial charge in [0.05, 0.1) is 6.04 Å². The highest BCUT2D eigenvalue weighted by Gasteiger charge is 2.14. The van der Waals surface area contributed by atoms with Crippen LogP contribution in [0.3, 0.4) is 0 Å². The summed E-state index contributed by atoms with van der Waals surface area (Å²) in [5.41, 5.74) is 5.41. The highest BCUT2D eigenvalue weighted by Crippen LogP contribution is 2.18. The van der Waals surface area contributed by atoms with E-state index >= 15 is 0 Å². The topological polar surface area (TPSA) is 55.1 Å². The third-order valence-corrected chi connectivity index (χ3v) is 3.18. The standard InChI is InChI=1S/C10H16N2OS/c1-7(6-11)10(13)12-8(2)9-4-3-5-14-9/h3-5,7-8H,6,11H2,1-2H3,(H,12,13)/t7?,8-/m1/s1. The fourth-order valence-corrected chi connectivity index (χ4v) is 1.81. The average molecular weight is 212 g/mol. The van der Waals surface area contributed by atoms with E-state index in [1.165, 1.54) is 4.88 Å². The number of thiophene rings is 1. The Morgan fingerprint density at radius 3 is 2.86 bits per heavy atom. The van der Waals surface area contributed by atoms with E-state index in [0.29, 0.717) is 6.54 Å². The molecule has 0 aliphatic heterocycles. The van der Waals surface area contributed by atoms with Gasteiger partial charge >= 0.3 is 0 Å². The van der Waals surface area contributed by atoms with Crippen LogP contribution in [0.4, 0.5) is 0 Å². The number of amides is 1. The Kier molecular flexibility index (Phi) is 4.10. The largest absolute Gasteiger partial charge is 0.348 e. The van der Waals surface area contributed by atoms with Crippen molar-refractivity contribution in [2.45, 2.75) is 19.9 Å². The van der Waals surface area contributed by atoms with Gasteiger partial charge in [-0.2, -0.15) is 0 Å². The van der Waals surface area contributed by atoms with Crippen molar-refractivity contribution in [3.8, 4) is 0 Å². The van der Waals surface area contributed by atoms with E-state index in [1.54, 1.807) is 11.3 Å². The maximum absolute atomic E-state index is 11.5. The predicted octanol–water partition coefficient (Wildman–Crippen LogP) is 1.52. The van der Waals surface area contributed by atoms with Gasteiger partial charge in [-0.15, -0.1) is 11.3 Å². The Morgan fingerprint density at radius 2 is 2.36 bits per heavy atom. The smallest absolute Gasteiger partial charge is 0.224 e. The molecular weight excluding hydrogens is 196 g/mol. The van der Waals surface area contributed by atoms with Gasteiger partial charge in [-0.25, -0.2) is 0 Å². The first-order chi connectivity index (χ1) is 6.65. The van der Waals surface area contributed by atoms with Gasteiger partial charge in [0.1, 0.15) is 0 Å². The SMILES string of the molecule is CC(CN)C(=O)N[C@H](C)c1cccs1. The molecule has 1 rings (SSSR count). The lowest BCUT2D eigenvalue weighted by Gasteiger charge is -2.15. The van der Waals surface area contributed by atoms with E-state index in [0.717, 1.165) is 0 Å². The molecule has 1 heterocycles. The molecule has 3 nitrogen and oxygen atoms in total. The number of nitrogens with two attached hydrogens (primary N) is 1. The van der Waals surface area contributed by atoms with Crippen molar-refractivity contribution < 1.29 is 4.79 Å². The van der Waals surface area contributed by atoms with Gasteiger partial charge in [-0.1, -0.05) is 13.0 Å². The van der Waals surface area contributed by atoms with Gasteiger partial charge in [0.15, 0.2) is 0 Å². The molecule has 0 saturated carbocycles. The second kappa shape index (κ2) is 5.12. The number of rotatable bonds is 4. The highest BCUT2D eigenvalue weighted by molar-refractivity contribution is 7.10. The molecule has 4 heteroatoms. The zero-order valence-electron chi connectivity index (χ0n) is 8.49. The average Bonchev–Trinajstić information content (AvgIpc) is 2.69. The quantitative estimate of drug-likeness (QED) is 0.795. The molecule has 14 heavy (non-hydrogen) atoms. The maximum atomic E-state index is 11.5. The summed E-state index contributed by atoms with van der Waals surface area (Å²) in [5.74, 6) is -0.0918.